The maximum absolute atomic E-state index is 5.97. The number of halogens is 1. The van der Waals surface area contributed by atoms with Crippen molar-refractivity contribution in [2.24, 2.45) is 0 Å². The van der Waals surface area contributed by atoms with E-state index in [2.05, 4.69) is 56.2 Å². The van der Waals surface area contributed by atoms with E-state index in [4.69, 9.17) is 5.73 Å². The number of rotatable bonds is 2. The topological polar surface area (TPSA) is 51.8 Å². The van der Waals surface area contributed by atoms with Crippen molar-refractivity contribution >= 4 is 21.7 Å². The lowest BCUT2D eigenvalue weighted by atomic mass is 9.69. The molecule has 1 aliphatic carbocycles. The Kier molecular flexibility index (Phi) is 3.74. The Morgan fingerprint density at radius 2 is 1.75 bits per heavy atom. The molecule has 1 saturated carbocycles. The monoisotopic (exact) mass is 331 g/mol. The van der Waals surface area contributed by atoms with Crippen molar-refractivity contribution < 1.29 is 0 Å². The summed E-state index contributed by atoms with van der Waals surface area (Å²) in [6, 6.07) is 10.6. The van der Waals surface area contributed by atoms with Crippen LogP contribution in [0.15, 0.2) is 41.0 Å². The first-order valence-corrected chi connectivity index (χ1v) is 7.86. The van der Waals surface area contributed by atoms with Crippen LogP contribution in [0.5, 0.6) is 0 Å². The third-order valence-electron chi connectivity index (χ3n) is 4.23. The van der Waals surface area contributed by atoms with E-state index < -0.39 is 0 Å². The van der Waals surface area contributed by atoms with Gasteiger partial charge >= 0.3 is 0 Å². The van der Waals surface area contributed by atoms with E-state index in [0.717, 1.165) is 23.1 Å². The number of nitrogen functional groups attached to an aromatic ring is 1. The van der Waals surface area contributed by atoms with Gasteiger partial charge in [0, 0.05) is 6.20 Å². The van der Waals surface area contributed by atoms with Crippen LogP contribution in [0.1, 0.15) is 43.5 Å². The van der Waals surface area contributed by atoms with E-state index in [-0.39, 0.29) is 5.41 Å². The van der Waals surface area contributed by atoms with Crippen LogP contribution in [0, 0.1) is 0 Å². The molecule has 0 radical (unpaired) electrons. The maximum atomic E-state index is 5.97. The summed E-state index contributed by atoms with van der Waals surface area (Å²) < 4.78 is 0.764. The number of aromatic nitrogens is 2. The fourth-order valence-electron chi connectivity index (χ4n) is 3.16. The Morgan fingerprint density at radius 3 is 2.40 bits per heavy atom. The van der Waals surface area contributed by atoms with Gasteiger partial charge in [0.2, 0.25) is 0 Å². The third-order valence-corrected chi connectivity index (χ3v) is 4.84. The SMILES string of the molecule is Nc1nc(C2(c3ccccc3)CCCCC2)ncc1Br. The largest absolute Gasteiger partial charge is 0.383 e. The van der Waals surface area contributed by atoms with Crippen molar-refractivity contribution in [1.29, 1.82) is 0 Å². The summed E-state index contributed by atoms with van der Waals surface area (Å²) in [5.41, 5.74) is 7.20. The normalized spacial score (nSPS) is 17.9. The molecule has 3 nitrogen and oxygen atoms in total. The lowest BCUT2D eigenvalue weighted by Gasteiger charge is -2.36. The van der Waals surface area contributed by atoms with Gasteiger partial charge in [-0.25, -0.2) is 9.97 Å². The average molecular weight is 332 g/mol. The summed E-state index contributed by atoms with van der Waals surface area (Å²) in [6.07, 6.45) is 7.69. The number of nitrogens with zero attached hydrogens (tertiary/aromatic N) is 2. The molecule has 2 N–H and O–H groups in total. The minimum absolute atomic E-state index is 0.0751. The molecule has 0 atom stereocenters. The lowest BCUT2D eigenvalue weighted by Crippen LogP contribution is -2.32. The standard InChI is InChI=1S/C16H18BrN3/c17-13-11-19-15(20-14(13)18)16(9-5-2-6-10-16)12-7-3-1-4-8-12/h1,3-4,7-8,11H,2,5-6,9-10H2,(H2,18,19,20). The van der Waals surface area contributed by atoms with Gasteiger partial charge in [-0.1, -0.05) is 49.6 Å². The van der Waals surface area contributed by atoms with Crippen LogP contribution >= 0.6 is 15.9 Å². The molecular formula is C16H18BrN3. The molecule has 4 heteroatoms. The van der Waals surface area contributed by atoms with E-state index in [1.54, 1.807) is 6.20 Å². The lowest BCUT2D eigenvalue weighted by molar-refractivity contribution is 0.330. The van der Waals surface area contributed by atoms with Crippen molar-refractivity contribution in [3.8, 4) is 0 Å². The molecule has 3 rings (SSSR count). The first-order valence-electron chi connectivity index (χ1n) is 7.06. The van der Waals surface area contributed by atoms with Crippen molar-refractivity contribution in [2.75, 3.05) is 5.73 Å². The second-order valence-corrected chi connectivity index (χ2v) is 6.29. The number of anilines is 1. The van der Waals surface area contributed by atoms with Gasteiger partial charge in [0.05, 0.1) is 9.89 Å². The van der Waals surface area contributed by atoms with E-state index in [9.17, 15) is 0 Å². The van der Waals surface area contributed by atoms with Crippen molar-refractivity contribution in [3.05, 3.63) is 52.4 Å². The van der Waals surface area contributed by atoms with Gasteiger partial charge in [-0.2, -0.15) is 0 Å². The Morgan fingerprint density at radius 1 is 1.05 bits per heavy atom. The van der Waals surface area contributed by atoms with Gasteiger partial charge in [0.25, 0.3) is 0 Å². The summed E-state index contributed by atoms with van der Waals surface area (Å²) in [6.45, 7) is 0. The van der Waals surface area contributed by atoms with Crippen LogP contribution in [0.2, 0.25) is 0 Å². The van der Waals surface area contributed by atoms with Crippen LogP contribution in [-0.2, 0) is 5.41 Å². The van der Waals surface area contributed by atoms with Gasteiger partial charge in [-0.3, -0.25) is 0 Å². The number of hydrogen-bond donors (Lipinski definition) is 1. The van der Waals surface area contributed by atoms with Crippen LogP contribution < -0.4 is 5.73 Å². The molecule has 1 heterocycles. The van der Waals surface area contributed by atoms with Gasteiger partial charge in [0.15, 0.2) is 0 Å². The van der Waals surface area contributed by atoms with Gasteiger partial charge in [-0.05, 0) is 34.3 Å². The van der Waals surface area contributed by atoms with E-state index >= 15 is 0 Å². The smallest absolute Gasteiger partial charge is 0.141 e. The van der Waals surface area contributed by atoms with Gasteiger partial charge in [-0.15, -0.1) is 0 Å². The highest BCUT2D eigenvalue weighted by atomic mass is 79.9. The number of hydrogen-bond acceptors (Lipinski definition) is 3. The van der Waals surface area contributed by atoms with Crippen LogP contribution in [0.4, 0.5) is 5.82 Å². The Hall–Kier alpha value is -1.42. The molecule has 0 amide bonds. The van der Waals surface area contributed by atoms with Crippen LogP contribution in [0.3, 0.4) is 0 Å². The summed E-state index contributed by atoms with van der Waals surface area (Å²) in [4.78, 5) is 9.14. The molecule has 1 fully saturated rings. The predicted molar refractivity (Wildman–Crippen MR) is 84.5 cm³/mol. The molecule has 1 aliphatic rings. The highest BCUT2D eigenvalue weighted by Gasteiger charge is 2.38. The molecular weight excluding hydrogens is 314 g/mol. The fourth-order valence-corrected chi connectivity index (χ4v) is 3.36. The van der Waals surface area contributed by atoms with E-state index in [1.807, 2.05) is 0 Å². The summed E-state index contributed by atoms with van der Waals surface area (Å²) in [5.74, 6) is 1.39. The van der Waals surface area contributed by atoms with Crippen molar-refractivity contribution in [2.45, 2.75) is 37.5 Å². The first-order chi connectivity index (χ1) is 9.72. The Balaban J connectivity index is 2.12. The van der Waals surface area contributed by atoms with Crippen molar-refractivity contribution in [1.82, 2.24) is 9.97 Å². The number of benzene rings is 1. The summed E-state index contributed by atoms with van der Waals surface area (Å²) >= 11 is 3.38. The molecule has 20 heavy (non-hydrogen) atoms. The first kappa shape index (κ1) is 13.6. The highest BCUT2D eigenvalue weighted by molar-refractivity contribution is 9.10. The van der Waals surface area contributed by atoms with Crippen molar-refractivity contribution in [3.63, 3.8) is 0 Å². The minimum atomic E-state index is -0.0751. The molecule has 0 aliphatic heterocycles. The molecule has 104 valence electrons. The zero-order chi connectivity index (χ0) is 14.0. The Labute approximate surface area is 127 Å². The van der Waals surface area contributed by atoms with Gasteiger partial charge in [0.1, 0.15) is 11.6 Å². The highest BCUT2D eigenvalue weighted by Crippen LogP contribution is 2.43. The average Bonchev–Trinajstić information content (AvgIpc) is 2.51. The molecule has 0 saturated heterocycles. The predicted octanol–water partition coefficient (Wildman–Crippen LogP) is 4.07. The fraction of sp³-hybridized carbons (Fsp3) is 0.375. The minimum Gasteiger partial charge on any atom is -0.383 e. The summed E-state index contributed by atoms with van der Waals surface area (Å²) in [7, 11) is 0. The zero-order valence-electron chi connectivity index (χ0n) is 11.3. The number of nitrogens with two attached hydrogens (primary N) is 1. The molecule has 2 aromatic rings. The van der Waals surface area contributed by atoms with Crippen LogP contribution in [0.25, 0.3) is 0 Å². The summed E-state index contributed by atoms with van der Waals surface area (Å²) in [5, 5.41) is 0. The molecule has 0 spiro atoms. The van der Waals surface area contributed by atoms with E-state index in [1.165, 1.54) is 24.8 Å². The maximum Gasteiger partial charge on any atom is 0.141 e. The third kappa shape index (κ3) is 2.33. The van der Waals surface area contributed by atoms with Crippen LogP contribution in [-0.4, -0.2) is 9.97 Å². The molecule has 0 bridgehead atoms. The molecule has 0 unspecified atom stereocenters. The Bertz CT molecular complexity index is 592. The quantitative estimate of drug-likeness (QED) is 0.902. The molecule has 1 aromatic heterocycles. The molecule has 1 aromatic carbocycles. The second kappa shape index (κ2) is 5.52. The van der Waals surface area contributed by atoms with Gasteiger partial charge < -0.3 is 5.73 Å². The zero-order valence-corrected chi connectivity index (χ0v) is 12.9. The second-order valence-electron chi connectivity index (χ2n) is 5.44. The van der Waals surface area contributed by atoms with E-state index in [0.29, 0.717) is 5.82 Å².